The lowest BCUT2D eigenvalue weighted by Crippen LogP contribution is -2.32. The number of hydrogen-bond donors (Lipinski definition) is 1. The predicted molar refractivity (Wildman–Crippen MR) is 70.4 cm³/mol. The maximum atomic E-state index is 12.6. The van der Waals surface area contributed by atoms with Gasteiger partial charge in [0.05, 0.1) is 21.7 Å². The first kappa shape index (κ1) is 14.2. The maximum absolute atomic E-state index is 12.6. The molecule has 0 aliphatic heterocycles. The molecule has 0 bridgehead atoms. The summed E-state index contributed by atoms with van der Waals surface area (Å²) in [6.07, 6.45) is 0.142. The molecular formula is C13H20FNOS. The predicted octanol–water partition coefficient (Wildman–Crippen LogP) is 3.93. The van der Waals surface area contributed by atoms with E-state index >= 15 is 0 Å². The van der Waals surface area contributed by atoms with Crippen LogP contribution in [0.3, 0.4) is 0 Å². The van der Waals surface area contributed by atoms with Crippen LogP contribution in [0.15, 0.2) is 30.3 Å². The van der Waals surface area contributed by atoms with Crippen molar-refractivity contribution in [3.63, 3.8) is 0 Å². The Hall–Kier alpha value is -0.900. The molecule has 96 valence electrons. The largest absolute Gasteiger partial charge is 0.252 e. The lowest BCUT2D eigenvalue weighted by molar-refractivity contribution is 0.463. The van der Waals surface area contributed by atoms with Crippen LogP contribution in [-0.4, -0.2) is 15.6 Å². The van der Waals surface area contributed by atoms with Gasteiger partial charge >= 0.3 is 0 Å². The maximum Gasteiger partial charge on any atom is 0.0909 e. The van der Waals surface area contributed by atoms with Crippen LogP contribution in [0, 0.1) is 4.78 Å². The quantitative estimate of drug-likeness (QED) is 0.872. The summed E-state index contributed by atoms with van der Waals surface area (Å²) in [5, 5.41) is -0.534. The van der Waals surface area contributed by atoms with Gasteiger partial charge in [-0.3, -0.25) is 9.17 Å². The van der Waals surface area contributed by atoms with Crippen LogP contribution in [0.25, 0.3) is 0 Å². The summed E-state index contributed by atoms with van der Waals surface area (Å²) in [4.78, 5) is 0. The van der Waals surface area contributed by atoms with E-state index in [4.69, 9.17) is 4.78 Å². The lowest BCUT2D eigenvalue weighted by atomic mass is 10.1. The number of benzene rings is 1. The molecule has 0 aromatic heterocycles. The smallest absolute Gasteiger partial charge is 0.0909 e. The molecule has 0 saturated carbocycles. The Morgan fingerprint density at radius 1 is 1.29 bits per heavy atom. The van der Waals surface area contributed by atoms with Gasteiger partial charge in [-0.25, -0.2) is 4.21 Å². The van der Waals surface area contributed by atoms with Crippen LogP contribution in [0.4, 0.5) is 4.39 Å². The topological polar surface area (TPSA) is 40.9 Å². The SMILES string of the molecule is CC(C)(C)S(=N)(=O)C(CCF)c1ccccc1. The number of alkyl halides is 1. The van der Waals surface area contributed by atoms with E-state index in [1.54, 1.807) is 20.8 Å². The van der Waals surface area contributed by atoms with Crippen LogP contribution in [0.5, 0.6) is 0 Å². The molecule has 0 aliphatic carbocycles. The van der Waals surface area contributed by atoms with Crippen LogP contribution in [0.2, 0.25) is 0 Å². The lowest BCUT2D eigenvalue weighted by Gasteiger charge is -2.29. The second kappa shape index (κ2) is 5.17. The van der Waals surface area contributed by atoms with E-state index in [0.29, 0.717) is 0 Å². The molecule has 0 amide bonds. The Bertz CT molecular complexity index is 448. The Morgan fingerprint density at radius 2 is 1.82 bits per heavy atom. The van der Waals surface area contributed by atoms with Gasteiger partial charge in [0.1, 0.15) is 0 Å². The van der Waals surface area contributed by atoms with Gasteiger partial charge in [0.25, 0.3) is 0 Å². The first-order chi connectivity index (χ1) is 7.80. The molecule has 1 aromatic carbocycles. The van der Waals surface area contributed by atoms with Gasteiger partial charge in [0, 0.05) is 4.75 Å². The molecule has 2 atom stereocenters. The normalized spacial score (nSPS) is 17.4. The number of halogens is 1. The number of rotatable bonds is 4. The average Bonchev–Trinajstić information content (AvgIpc) is 2.25. The summed E-state index contributed by atoms with van der Waals surface area (Å²) in [7, 11) is -2.89. The first-order valence-electron chi connectivity index (χ1n) is 5.69. The zero-order valence-electron chi connectivity index (χ0n) is 10.6. The summed E-state index contributed by atoms with van der Waals surface area (Å²) in [5.74, 6) is 0. The van der Waals surface area contributed by atoms with Gasteiger partial charge < -0.3 is 0 Å². The summed E-state index contributed by atoms with van der Waals surface area (Å²) >= 11 is 0. The second-order valence-corrected chi connectivity index (χ2v) is 8.09. The Labute approximate surface area is 103 Å². The highest BCUT2D eigenvalue weighted by Crippen LogP contribution is 2.34. The van der Waals surface area contributed by atoms with Crippen molar-refractivity contribution in [2.45, 2.75) is 37.2 Å². The highest BCUT2D eigenvalue weighted by Gasteiger charge is 2.33. The van der Waals surface area contributed by atoms with E-state index in [9.17, 15) is 8.60 Å². The van der Waals surface area contributed by atoms with Gasteiger partial charge in [0.15, 0.2) is 0 Å². The minimum atomic E-state index is -2.89. The molecule has 0 spiro atoms. The molecule has 2 nitrogen and oxygen atoms in total. The Balaban J connectivity index is 3.20. The minimum Gasteiger partial charge on any atom is -0.252 e. The van der Waals surface area contributed by atoms with E-state index in [2.05, 4.69) is 0 Å². The zero-order valence-corrected chi connectivity index (χ0v) is 11.4. The highest BCUT2D eigenvalue weighted by atomic mass is 32.2. The van der Waals surface area contributed by atoms with E-state index in [-0.39, 0.29) is 6.42 Å². The standard InChI is InChI=1S/C13H20FNOS/c1-13(2,3)17(15,16)12(9-10-14)11-7-5-4-6-8-11/h4-8,12,15H,9-10H2,1-3H3. The fourth-order valence-corrected chi connectivity index (χ4v) is 3.53. The van der Waals surface area contributed by atoms with E-state index in [1.165, 1.54) is 0 Å². The van der Waals surface area contributed by atoms with Crippen LogP contribution in [0.1, 0.15) is 38.0 Å². The summed E-state index contributed by atoms with van der Waals surface area (Å²) in [6.45, 7) is 4.77. The third kappa shape index (κ3) is 3.06. The molecule has 1 N–H and O–H groups in total. The van der Waals surface area contributed by atoms with Crippen molar-refractivity contribution < 1.29 is 8.60 Å². The minimum absolute atomic E-state index is 0.142. The number of nitrogens with one attached hydrogen (secondary N) is 1. The van der Waals surface area contributed by atoms with E-state index < -0.39 is 26.4 Å². The average molecular weight is 257 g/mol. The third-order valence-electron chi connectivity index (χ3n) is 2.85. The molecule has 0 radical (unpaired) electrons. The molecule has 0 saturated heterocycles. The molecule has 1 aromatic rings. The third-order valence-corrected chi connectivity index (χ3v) is 5.98. The van der Waals surface area contributed by atoms with Gasteiger partial charge in [-0.05, 0) is 32.8 Å². The molecule has 17 heavy (non-hydrogen) atoms. The van der Waals surface area contributed by atoms with Crippen LogP contribution >= 0.6 is 0 Å². The zero-order chi connectivity index (χ0) is 13.1. The van der Waals surface area contributed by atoms with Crippen molar-refractivity contribution in [1.29, 1.82) is 4.78 Å². The molecule has 2 unspecified atom stereocenters. The van der Waals surface area contributed by atoms with Gasteiger partial charge in [-0.2, -0.15) is 0 Å². The monoisotopic (exact) mass is 257 g/mol. The Kier molecular flexibility index (Phi) is 4.31. The van der Waals surface area contributed by atoms with Crippen LogP contribution in [-0.2, 0) is 9.73 Å². The van der Waals surface area contributed by atoms with Crippen molar-refractivity contribution in [3.05, 3.63) is 35.9 Å². The highest BCUT2D eigenvalue weighted by molar-refractivity contribution is 7.94. The summed E-state index contributed by atoms with van der Waals surface area (Å²) in [5.41, 5.74) is 0.792. The molecule has 4 heteroatoms. The Morgan fingerprint density at radius 3 is 2.24 bits per heavy atom. The van der Waals surface area contributed by atoms with Gasteiger partial charge in [-0.1, -0.05) is 30.3 Å². The molecule has 0 aliphatic rings. The second-order valence-electron chi connectivity index (χ2n) is 5.09. The van der Waals surface area contributed by atoms with Gasteiger partial charge in [-0.15, -0.1) is 0 Å². The molecule has 0 fully saturated rings. The van der Waals surface area contributed by atoms with Crippen molar-refractivity contribution in [2.24, 2.45) is 0 Å². The molecular weight excluding hydrogens is 237 g/mol. The van der Waals surface area contributed by atoms with Crippen molar-refractivity contribution in [1.82, 2.24) is 0 Å². The number of hydrogen-bond acceptors (Lipinski definition) is 2. The molecule has 1 rings (SSSR count). The fourth-order valence-electron chi connectivity index (χ4n) is 1.72. The van der Waals surface area contributed by atoms with Crippen LogP contribution < -0.4 is 0 Å². The van der Waals surface area contributed by atoms with E-state index in [0.717, 1.165) is 5.56 Å². The van der Waals surface area contributed by atoms with Crippen molar-refractivity contribution in [3.8, 4) is 0 Å². The summed E-state index contributed by atoms with van der Waals surface area (Å²) < 4.78 is 32.7. The molecule has 0 heterocycles. The van der Waals surface area contributed by atoms with Crippen molar-refractivity contribution >= 4 is 9.73 Å². The fraction of sp³-hybridized carbons (Fsp3) is 0.538. The van der Waals surface area contributed by atoms with E-state index in [1.807, 2.05) is 30.3 Å². The summed E-state index contributed by atoms with van der Waals surface area (Å²) in [6, 6.07) is 9.16. The van der Waals surface area contributed by atoms with Gasteiger partial charge in [0.2, 0.25) is 0 Å². The first-order valence-corrected chi connectivity index (χ1v) is 7.31. The van der Waals surface area contributed by atoms with Crippen molar-refractivity contribution in [2.75, 3.05) is 6.67 Å².